The van der Waals surface area contributed by atoms with Gasteiger partial charge in [-0.3, -0.25) is 9.59 Å². The van der Waals surface area contributed by atoms with Crippen LogP contribution in [0.2, 0.25) is 0 Å². The summed E-state index contributed by atoms with van der Waals surface area (Å²) < 4.78 is 5.73. The van der Waals surface area contributed by atoms with Gasteiger partial charge in [-0.2, -0.15) is 0 Å². The Morgan fingerprint density at radius 1 is 0.971 bits per heavy atom. The van der Waals surface area contributed by atoms with E-state index >= 15 is 0 Å². The summed E-state index contributed by atoms with van der Waals surface area (Å²) in [7, 11) is 0. The number of fused-ring (bicyclic) bond motifs is 5. The molecule has 4 aliphatic rings. The minimum Gasteiger partial charge on any atom is -0.462 e. The molecule has 11 atom stereocenters. The third-order valence-electron chi connectivity index (χ3n) is 12.1. The number of ether oxygens (including phenoxy) is 1. The molecule has 0 saturated heterocycles. The smallest absolute Gasteiger partial charge is 0.302 e. The number of hydrogen-bond donors (Lipinski definition) is 1. The van der Waals surface area contributed by atoms with Gasteiger partial charge in [0.15, 0.2) is 0 Å². The number of aldehydes is 1. The molecule has 4 rings (SSSR count). The van der Waals surface area contributed by atoms with Crippen LogP contribution in [0.1, 0.15) is 99.8 Å². The molecule has 34 heavy (non-hydrogen) atoms. The molecule has 0 bridgehead atoms. The van der Waals surface area contributed by atoms with E-state index in [1.54, 1.807) is 0 Å². The summed E-state index contributed by atoms with van der Waals surface area (Å²) in [6.45, 7) is 14.6. The zero-order chi connectivity index (χ0) is 25.3. The molecule has 4 aliphatic carbocycles. The first-order valence-corrected chi connectivity index (χ1v) is 13.6. The van der Waals surface area contributed by atoms with Crippen LogP contribution in [-0.4, -0.2) is 35.4 Å². The lowest BCUT2D eigenvalue weighted by molar-refractivity contribution is -0.259. The fraction of sp³-hybridized carbons (Fsp3) is 0.897. The van der Waals surface area contributed by atoms with Gasteiger partial charge in [0.25, 0.3) is 0 Å². The number of carbonyl (C=O) groups is 3. The number of ketones is 1. The molecule has 0 amide bonds. The van der Waals surface area contributed by atoms with E-state index in [0.717, 1.165) is 19.1 Å². The number of carbonyl (C=O) groups excluding carboxylic acids is 3. The normalized spacial score (nSPS) is 52.5. The van der Waals surface area contributed by atoms with Crippen LogP contribution in [0, 0.1) is 51.2 Å². The first-order chi connectivity index (χ1) is 15.8. The molecule has 0 aromatic rings. The van der Waals surface area contributed by atoms with Crippen molar-refractivity contribution in [2.75, 3.05) is 0 Å². The Hall–Kier alpha value is -1.23. The van der Waals surface area contributed by atoms with Crippen LogP contribution in [0.25, 0.3) is 0 Å². The summed E-state index contributed by atoms with van der Waals surface area (Å²) in [4.78, 5) is 37.4. The molecule has 4 fully saturated rings. The molecule has 192 valence electrons. The van der Waals surface area contributed by atoms with Crippen LogP contribution < -0.4 is 0 Å². The predicted octanol–water partition coefficient (Wildman–Crippen LogP) is 5.37. The van der Waals surface area contributed by atoms with E-state index in [0.29, 0.717) is 30.1 Å². The van der Waals surface area contributed by atoms with Gasteiger partial charge >= 0.3 is 5.97 Å². The van der Waals surface area contributed by atoms with Crippen molar-refractivity contribution < 1.29 is 24.2 Å². The molecule has 0 heterocycles. The highest BCUT2D eigenvalue weighted by Gasteiger charge is 2.70. The molecule has 0 spiro atoms. The molecule has 0 radical (unpaired) electrons. The van der Waals surface area contributed by atoms with Crippen molar-refractivity contribution in [1.29, 1.82) is 0 Å². The summed E-state index contributed by atoms with van der Waals surface area (Å²) in [5.41, 5.74) is -0.306. The zero-order valence-corrected chi connectivity index (χ0v) is 22.4. The first-order valence-electron chi connectivity index (χ1n) is 13.6. The molecule has 11 unspecified atom stereocenters. The first kappa shape index (κ1) is 25.9. The maximum Gasteiger partial charge on any atom is 0.302 e. The van der Waals surface area contributed by atoms with Crippen LogP contribution in [0.3, 0.4) is 0 Å². The molecule has 0 aromatic carbocycles. The monoisotopic (exact) mass is 474 g/mol. The second kappa shape index (κ2) is 8.42. The van der Waals surface area contributed by atoms with Gasteiger partial charge in [-0.05, 0) is 79.4 Å². The molecular weight excluding hydrogens is 428 g/mol. The predicted molar refractivity (Wildman–Crippen MR) is 131 cm³/mol. The van der Waals surface area contributed by atoms with Gasteiger partial charge < -0.3 is 14.6 Å². The summed E-state index contributed by atoms with van der Waals surface area (Å²) in [6.07, 6.45) is 7.93. The molecule has 5 nitrogen and oxygen atoms in total. The van der Waals surface area contributed by atoms with E-state index in [9.17, 15) is 19.5 Å². The number of aliphatic hydroxyl groups excluding tert-OH is 1. The van der Waals surface area contributed by atoms with Crippen LogP contribution in [0.15, 0.2) is 0 Å². The third kappa shape index (κ3) is 3.38. The van der Waals surface area contributed by atoms with Crippen LogP contribution in [-0.2, 0) is 19.1 Å². The second-order valence-corrected chi connectivity index (χ2v) is 13.4. The number of Topliss-reactive ketones (excluding diaryl/α,β-unsaturated/α-hetero) is 1. The molecular formula is C29H46O5. The SMILES string of the molecule is CCC1(C)CCCC2(C)C1CCC1(C)C2CC(O)C2(C)C(C=O)C(C(C)=O)C(OC(C)=O)CC12. The maximum absolute atomic E-state index is 12.8. The van der Waals surface area contributed by atoms with Crippen molar-refractivity contribution in [3.8, 4) is 0 Å². The standard InChI is InChI=1S/C29H46O5/c1-8-26(4)11-9-12-27(5)21(26)10-13-28(6)22(27)15-24(33)29(7)19(16-30)25(17(2)31)20(14-23(28)29)34-18(3)32/h16,19-25,33H,8-15H2,1-7H3. The van der Waals surface area contributed by atoms with Crippen LogP contribution in [0.4, 0.5) is 0 Å². The van der Waals surface area contributed by atoms with Crippen molar-refractivity contribution in [2.24, 2.45) is 51.2 Å². The lowest BCUT2D eigenvalue weighted by Crippen LogP contribution is -2.69. The maximum atomic E-state index is 12.8. The largest absolute Gasteiger partial charge is 0.462 e. The summed E-state index contributed by atoms with van der Waals surface area (Å²) in [6, 6.07) is 0. The number of esters is 1. The van der Waals surface area contributed by atoms with Crippen molar-refractivity contribution in [1.82, 2.24) is 0 Å². The van der Waals surface area contributed by atoms with Crippen LogP contribution in [0.5, 0.6) is 0 Å². The van der Waals surface area contributed by atoms with Gasteiger partial charge in [-0.25, -0.2) is 0 Å². The summed E-state index contributed by atoms with van der Waals surface area (Å²) in [5.74, 6) is -0.906. The van der Waals surface area contributed by atoms with Crippen molar-refractivity contribution in [2.45, 2.75) is 112 Å². The van der Waals surface area contributed by atoms with E-state index in [2.05, 4.69) is 27.7 Å². The van der Waals surface area contributed by atoms with Gasteiger partial charge in [-0.1, -0.05) is 47.5 Å². The van der Waals surface area contributed by atoms with Gasteiger partial charge in [0.05, 0.1) is 12.0 Å². The Balaban J connectivity index is 1.81. The van der Waals surface area contributed by atoms with Crippen LogP contribution >= 0.6 is 0 Å². The zero-order valence-electron chi connectivity index (χ0n) is 22.4. The highest BCUT2D eigenvalue weighted by molar-refractivity contribution is 5.83. The minimum absolute atomic E-state index is 0.0106. The molecule has 0 aliphatic heterocycles. The minimum atomic E-state index is -0.702. The number of aliphatic hydroxyl groups is 1. The average Bonchev–Trinajstić information content (AvgIpc) is 2.75. The lowest BCUT2D eigenvalue weighted by Gasteiger charge is -2.71. The van der Waals surface area contributed by atoms with Crippen molar-refractivity contribution in [3.63, 3.8) is 0 Å². The molecule has 4 saturated carbocycles. The van der Waals surface area contributed by atoms with E-state index in [-0.39, 0.29) is 22.5 Å². The van der Waals surface area contributed by atoms with Gasteiger partial charge in [0.1, 0.15) is 18.2 Å². The average molecular weight is 475 g/mol. The lowest BCUT2D eigenvalue weighted by atomic mass is 9.33. The van der Waals surface area contributed by atoms with E-state index in [1.807, 2.05) is 6.92 Å². The Bertz CT molecular complexity index is 853. The van der Waals surface area contributed by atoms with Crippen molar-refractivity contribution in [3.05, 3.63) is 0 Å². The van der Waals surface area contributed by atoms with E-state index in [1.165, 1.54) is 39.5 Å². The topological polar surface area (TPSA) is 80.7 Å². The van der Waals surface area contributed by atoms with Gasteiger partial charge in [0.2, 0.25) is 0 Å². The van der Waals surface area contributed by atoms with Crippen molar-refractivity contribution >= 4 is 18.0 Å². The fourth-order valence-electron chi connectivity index (χ4n) is 10.3. The molecule has 0 aromatic heterocycles. The van der Waals surface area contributed by atoms with Gasteiger partial charge in [0, 0.05) is 18.3 Å². The summed E-state index contributed by atoms with van der Waals surface area (Å²) in [5, 5.41) is 11.8. The molecule has 1 N–H and O–H groups in total. The number of hydrogen-bond acceptors (Lipinski definition) is 5. The number of rotatable bonds is 4. The third-order valence-corrected chi connectivity index (χ3v) is 12.1. The Morgan fingerprint density at radius 3 is 2.18 bits per heavy atom. The van der Waals surface area contributed by atoms with Gasteiger partial charge in [-0.15, -0.1) is 0 Å². The Labute approximate surface area is 205 Å². The quantitative estimate of drug-likeness (QED) is 0.438. The Morgan fingerprint density at radius 2 is 1.62 bits per heavy atom. The van der Waals surface area contributed by atoms with E-state index in [4.69, 9.17) is 4.74 Å². The highest BCUT2D eigenvalue weighted by atomic mass is 16.5. The Kier molecular flexibility index (Phi) is 6.40. The fourth-order valence-corrected chi connectivity index (χ4v) is 10.3. The van der Waals surface area contributed by atoms with E-state index < -0.39 is 35.4 Å². The highest BCUT2D eigenvalue weighted by Crippen LogP contribution is 2.73. The second-order valence-electron chi connectivity index (χ2n) is 13.4. The summed E-state index contributed by atoms with van der Waals surface area (Å²) >= 11 is 0. The molecule has 5 heteroatoms.